The Morgan fingerprint density at radius 2 is 1.95 bits per heavy atom. The number of aliphatic hydroxyl groups is 2. The standard InChI is InChI=1S/C15H24N2O5/c1-3-21-15(20)6-11(2)16-4-5-22-14-7-12(9-18)17-13(8-14)10-19/h7-8,11,16,18-19H,3-6,9-10H2,1-2H3. The molecule has 1 aromatic heterocycles. The van der Waals surface area contributed by atoms with E-state index in [1.807, 2.05) is 6.92 Å². The minimum absolute atomic E-state index is 0.00101. The summed E-state index contributed by atoms with van der Waals surface area (Å²) in [5, 5.41) is 21.4. The minimum atomic E-state index is -0.224. The SMILES string of the molecule is CCOC(=O)CC(C)NCCOc1cc(CO)nc(CO)c1. The van der Waals surface area contributed by atoms with Crippen molar-refractivity contribution in [3.8, 4) is 5.75 Å². The van der Waals surface area contributed by atoms with Crippen LogP contribution in [-0.4, -0.2) is 47.0 Å². The lowest BCUT2D eigenvalue weighted by Crippen LogP contribution is -2.32. The highest BCUT2D eigenvalue weighted by Crippen LogP contribution is 2.14. The summed E-state index contributed by atoms with van der Waals surface area (Å²) < 4.78 is 10.4. The molecule has 1 heterocycles. The molecule has 7 nitrogen and oxygen atoms in total. The molecule has 0 radical (unpaired) electrons. The number of hydrogen-bond donors (Lipinski definition) is 3. The van der Waals surface area contributed by atoms with Crippen molar-refractivity contribution >= 4 is 5.97 Å². The van der Waals surface area contributed by atoms with Crippen LogP contribution >= 0.6 is 0 Å². The molecule has 1 aromatic rings. The number of carbonyl (C=O) groups is 1. The molecule has 1 rings (SSSR count). The van der Waals surface area contributed by atoms with E-state index in [1.54, 1.807) is 19.1 Å². The predicted octanol–water partition coefficient (Wildman–Crippen LogP) is 0.376. The van der Waals surface area contributed by atoms with Crippen LogP contribution in [0.1, 0.15) is 31.7 Å². The quantitative estimate of drug-likeness (QED) is 0.424. The van der Waals surface area contributed by atoms with Crippen LogP contribution in [-0.2, 0) is 22.7 Å². The summed E-state index contributed by atoms with van der Waals surface area (Å²) in [7, 11) is 0. The number of aliphatic hydroxyl groups excluding tert-OH is 2. The van der Waals surface area contributed by atoms with Gasteiger partial charge in [0.05, 0.1) is 37.6 Å². The molecular weight excluding hydrogens is 288 g/mol. The third-order valence-electron chi connectivity index (χ3n) is 2.87. The van der Waals surface area contributed by atoms with Gasteiger partial charge in [-0.3, -0.25) is 9.78 Å². The number of carbonyl (C=O) groups excluding carboxylic acids is 1. The smallest absolute Gasteiger partial charge is 0.307 e. The van der Waals surface area contributed by atoms with Crippen molar-refractivity contribution in [1.82, 2.24) is 10.3 Å². The lowest BCUT2D eigenvalue weighted by atomic mass is 10.2. The summed E-state index contributed by atoms with van der Waals surface area (Å²) in [6, 6.07) is 3.25. The van der Waals surface area contributed by atoms with Gasteiger partial charge in [0.15, 0.2) is 0 Å². The van der Waals surface area contributed by atoms with E-state index in [0.717, 1.165) is 0 Å². The Bertz CT molecular complexity index is 445. The van der Waals surface area contributed by atoms with E-state index in [0.29, 0.717) is 43.3 Å². The number of aromatic nitrogens is 1. The zero-order valence-electron chi connectivity index (χ0n) is 13.0. The first-order chi connectivity index (χ1) is 10.6. The summed E-state index contributed by atoms with van der Waals surface area (Å²) in [6.07, 6.45) is 0.312. The Balaban J connectivity index is 2.33. The van der Waals surface area contributed by atoms with Crippen molar-refractivity contribution in [2.75, 3.05) is 19.8 Å². The molecule has 22 heavy (non-hydrogen) atoms. The highest BCUT2D eigenvalue weighted by atomic mass is 16.5. The lowest BCUT2D eigenvalue weighted by Gasteiger charge is -2.14. The van der Waals surface area contributed by atoms with Crippen molar-refractivity contribution in [3.63, 3.8) is 0 Å². The molecule has 0 saturated heterocycles. The molecule has 3 N–H and O–H groups in total. The molecule has 0 bridgehead atoms. The average molecular weight is 312 g/mol. The van der Waals surface area contributed by atoms with Crippen LogP contribution in [0.3, 0.4) is 0 Å². The van der Waals surface area contributed by atoms with Crippen molar-refractivity contribution in [3.05, 3.63) is 23.5 Å². The summed E-state index contributed by atoms with van der Waals surface area (Å²) in [4.78, 5) is 15.3. The first-order valence-corrected chi connectivity index (χ1v) is 7.32. The van der Waals surface area contributed by atoms with Crippen LogP contribution < -0.4 is 10.1 Å². The van der Waals surface area contributed by atoms with Gasteiger partial charge in [-0.05, 0) is 13.8 Å². The lowest BCUT2D eigenvalue weighted by molar-refractivity contribution is -0.143. The molecule has 0 spiro atoms. The number of nitrogens with zero attached hydrogens (tertiary/aromatic N) is 1. The Morgan fingerprint density at radius 1 is 1.32 bits per heavy atom. The fraction of sp³-hybridized carbons (Fsp3) is 0.600. The number of esters is 1. The van der Waals surface area contributed by atoms with E-state index in [9.17, 15) is 4.79 Å². The number of rotatable bonds is 10. The number of hydrogen-bond acceptors (Lipinski definition) is 7. The number of pyridine rings is 1. The van der Waals surface area contributed by atoms with Gasteiger partial charge >= 0.3 is 5.97 Å². The summed E-state index contributed by atoms with van der Waals surface area (Å²) >= 11 is 0. The molecule has 0 amide bonds. The molecule has 0 aliphatic carbocycles. The van der Waals surface area contributed by atoms with E-state index in [4.69, 9.17) is 19.7 Å². The maximum atomic E-state index is 11.3. The molecule has 1 unspecified atom stereocenters. The molecule has 0 fully saturated rings. The maximum absolute atomic E-state index is 11.3. The van der Waals surface area contributed by atoms with Crippen molar-refractivity contribution in [2.24, 2.45) is 0 Å². The van der Waals surface area contributed by atoms with E-state index >= 15 is 0 Å². The van der Waals surface area contributed by atoms with Crippen molar-refractivity contribution in [2.45, 2.75) is 39.5 Å². The van der Waals surface area contributed by atoms with Gasteiger partial charge in [0, 0.05) is 24.7 Å². The second-order valence-electron chi connectivity index (χ2n) is 4.81. The van der Waals surface area contributed by atoms with Gasteiger partial charge in [0.1, 0.15) is 12.4 Å². The molecular formula is C15H24N2O5. The maximum Gasteiger partial charge on any atom is 0.307 e. The first kappa shape index (κ1) is 18.3. The van der Waals surface area contributed by atoms with Gasteiger partial charge in [-0.25, -0.2) is 0 Å². The molecule has 0 aliphatic rings. The second kappa shape index (κ2) is 10.1. The van der Waals surface area contributed by atoms with Gasteiger partial charge in [-0.2, -0.15) is 0 Å². The van der Waals surface area contributed by atoms with Crippen LogP contribution in [0.2, 0.25) is 0 Å². The summed E-state index contributed by atoms with van der Waals surface area (Å²) in [5.74, 6) is 0.320. The zero-order chi connectivity index (χ0) is 16.4. The molecule has 7 heteroatoms. The van der Waals surface area contributed by atoms with E-state index in [2.05, 4.69) is 10.3 Å². The molecule has 0 aromatic carbocycles. The topological polar surface area (TPSA) is 101 Å². The minimum Gasteiger partial charge on any atom is -0.492 e. The third-order valence-corrected chi connectivity index (χ3v) is 2.87. The molecule has 1 atom stereocenters. The van der Waals surface area contributed by atoms with Gasteiger partial charge in [-0.1, -0.05) is 0 Å². The molecule has 0 aliphatic heterocycles. The van der Waals surface area contributed by atoms with Gasteiger partial charge in [-0.15, -0.1) is 0 Å². The Kier molecular flexibility index (Phi) is 8.42. The Morgan fingerprint density at radius 3 is 2.50 bits per heavy atom. The Labute approximate surface area is 130 Å². The van der Waals surface area contributed by atoms with Gasteiger partial charge in [0.25, 0.3) is 0 Å². The van der Waals surface area contributed by atoms with Crippen LogP contribution in [0.5, 0.6) is 5.75 Å². The highest BCUT2D eigenvalue weighted by molar-refractivity contribution is 5.69. The van der Waals surface area contributed by atoms with Crippen LogP contribution in [0.4, 0.5) is 0 Å². The fourth-order valence-corrected chi connectivity index (χ4v) is 1.88. The fourth-order valence-electron chi connectivity index (χ4n) is 1.88. The second-order valence-corrected chi connectivity index (χ2v) is 4.81. The normalized spacial score (nSPS) is 12.0. The van der Waals surface area contributed by atoms with Gasteiger partial charge < -0.3 is 25.0 Å². The largest absolute Gasteiger partial charge is 0.492 e. The summed E-state index contributed by atoms with van der Waals surface area (Å²) in [6.45, 7) is 4.60. The average Bonchev–Trinajstić information content (AvgIpc) is 2.51. The number of nitrogens with one attached hydrogen (secondary N) is 1. The van der Waals surface area contributed by atoms with Crippen LogP contribution in [0.25, 0.3) is 0 Å². The van der Waals surface area contributed by atoms with Crippen LogP contribution in [0, 0.1) is 0 Å². The molecule has 124 valence electrons. The van der Waals surface area contributed by atoms with Crippen molar-refractivity contribution < 1.29 is 24.5 Å². The van der Waals surface area contributed by atoms with E-state index in [1.165, 1.54) is 0 Å². The van der Waals surface area contributed by atoms with Gasteiger partial charge in [0.2, 0.25) is 0 Å². The predicted molar refractivity (Wildman–Crippen MR) is 80.3 cm³/mol. The third kappa shape index (κ3) is 6.84. The Hall–Kier alpha value is -1.70. The number of ether oxygens (including phenoxy) is 2. The van der Waals surface area contributed by atoms with E-state index < -0.39 is 0 Å². The van der Waals surface area contributed by atoms with Crippen molar-refractivity contribution in [1.29, 1.82) is 0 Å². The van der Waals surface area contributed by atoms with E-state index in [-0.39, 0.29) is 25.2 Å². The van der Waals surface area contributed by atoms with Crippen LogP contribution in [0.15, 0.2) is 12.1 Å². The highest BCUT2D eigenvalue weighted by Gasteiger charge is 2.09. The zero-order valence-corrected chi connectivity index (χ0v) is 13.0. The first-order valence-electron chi connectivity index (χ1n) is 7.32. The summed E-state index contributed by atoms with van der Waals surface area (Å²) in [5.41, 5.74) is 0.898. The monoisotopic (exact) mass is 312 g/mol. The molecule has 0 saturated carbocycles.